The van der Waals surface area contributed by atoms with Crippen LogP contribution in [0.1, 0.15) is 6.42 Å². The summed E-state index contributed by atoms with van der Waals surface area (Å²) in [6.45, 7) is 0. The maximum absolute atomic E-state index is 12.0. The van der Waals surface area contributed by atoms with E-state index in [2.05, 4.69) is 9.97 Å². The normalized spacial score (nSPS) is 20.8. The zero-order chi connectivity index (χ0) is 14.8. The zero-order valence-electron chi connectivity index (χ0n) is 10.9. The van der Waals surface area contributed by atoms with Gasteiger partial charge in [0.2, 0.25) is 5.91 Å². The lowest BCUT2D eigenvalue weighted by atomic mass is 10.2. The molecular formula is C11H15N3O4S2. The predicted molar refractivity (Wildman–Crippen MR) is 75.4 cm³/mol. The van der Waals surface area contributed by atoms with Gasteiger partial charge in [-0.05, 0) is 6.42 Å². The third-order valence-corrected chi connectivity index (χ3v) is 5.75. The van der Waals surface area contributed by atoms with E-state index in [0.717, 1.165) is 11.8 Å². The van der Waals surface area contributed by atoms with Crippen LogP contribution in [-0.2, 0) is 14.6 Å². The summed E-state index contributed by atoms with van der Waals surface area (Å²) < 4.78 is 22.8. The van der Waals surface area contributed by atoms with E-state index in [1.807, 2.05) is 0 Å². The molecule has 0 aliphatic carbocycles. The number of thioether (sulfide) groups is 1. The highest BCUT2D eigenvalue weighted by Crippen LogP contribution is 2.18. The number of carbonyl (C=O) groups is 1. The number of hydrogen-bond acceptors (Lipinski definition) is 6. The molecule has 9 heteroatoms. The van der Waals surface area contributed by atoms with Gasteiger partial charge in [-0.25, -0.2) is 13.4 Å². The molecule has 0 radical (unpaired) electrons. The highest BCUT2D eigenvalue weighted by molar-refractivity contribution is 7.99. The van der Waals surface area contributed by atoms with Crippen LogP contribution in [0, 0.1) is 0 Å². The molecule has 1 N–H and O–H groups in total. The fourth-order valence-electron chi connectivity index (χ4n) is 1.94. The van der Waals surface area contributed by atoms with E-state index in [0.29, 0.717) is 11.6 Å². The Bertz CT molecular complexity index is 656. The van der Waals surface area contributed by atoms with Crippen LogP contribution >= 0.6 is 11.8 Å². The van der Waals surface area contributed by atoms with Crippen LogP contribution in [0.4, 0.5) is 0 Å². The maximum atomic E-state index is 12.0. The topological polar surface area (TPSA) is 100 Å². The fraction of sp³-hybridized carbons (Fsp3) is 0.545. The van der Waals surface area contributed by atoms with Gasteiger partial charge in [-0.15, -0.1) is 0 Å². The van der Waals surface area contributed by atoms with Crippen LogP contribution in [0.15, 0.2) is 22.2 Å². The van der Waals surface area contributed by atoms with E-state index in [4.69, 9.17) is 0 Å². The van der Waals surface area contributed by atoms with Crippen molar-refractivity contribution in [2.45, 2.75) is 17.6 Å². The molecule has 1 aromatic heterocycles. The van der Waals surface area contributed by atoms with E-state index in [1.54, 1.807) is 7.05 Å². The second kappa shape index (κ2) is 5.96. The third-order valence-electron chi connectivity index (χ3n) is 3.13. The molecule has 1 saturated heterocycles. The van der Waals surface area contributed by atoms with E-state index in [9.17, 15) is 18.0 Å². The Hall–Kier alpha value is -1.35. The minimum Gasteiger partial charge on any atom is -0.341 e. The SMILES string of the molecule is CN(C(=O)CSc1nccc(=O)[nH]1)[C@@H]1CCS(=O)(=O)C1. The van der Waals surface area contributed by atoms with Crippen molar-refractivity contribution in [2.24, 2.45) is 0 Å². The molecule has 0 unspecified atom stereocenters. The van der Waals surface area contributed by atoms with Gasteiger partial charge >= 0.3 is 0 Å². The van der Waals surface area contributed by atoms with Crippen LogP contribution < -0.4 is 5.56 Å². The number of hydrogen-bond donors (Lipinski definition) is 1. The summed E-state index contributed by atoms with van der Waals surface area (Å²) in [5, 5.41) is 0.373. The maximum Gasteiger partial charge on any atom is 0.251 e. The summed E-state index contributed by atoms with van der Waals surface area (Å²) in [6, 6.07) is 1.04. The summed E-state index contributed by atoms with van der Waals surface area (Å²) in [5.41, 5.74) is -0.273. The molecule has 1 aliphatic heterocycles. The van der Waals surface area contributed by atoms with Gasteiger partial charge in [0, 0.05) is 25.4 Å². The first-order valence-corrected chi connectivity index (χ1v) is 8.82. The third kappa shape index (κ3) is 3.83. The molecule has 2 heterocycles. The summed E-state index contributed by atoms with van der Waals surface area (Å²) in [4.78, 5) is 31.0. The molecule has 0 spiro atoms. The molecule has 0 aromatic carbocycles. The van der Waals surface area contributed by atoms with Crippen LogP contribution in [0.25, 0.3) is 0 Å². The number of carbonyl (C=O) groups excluding carboxylic acids is 1. The first-order chi connectivity index (χ1) is 9.37. The Labute approximate surface area is 120 Å². The Kier molecular flexibility index (Phi) is 4.48. The number of sulfone groups is 1. The molecule has 1 fully saturated rings. The van der Waals surface area contributed by atoms with Crippen molar-refractivity contribution in [3.05, 3.63) is 22.6 Å². The van der Waals surface area contributed by atoms with Gasteiger partial charge in [0.25, 0.3) is 5.56 Å². The monoisotopic (exact) mass is 317 g/mol. The number of aromatic nitrogens is 2. The van der Waals surface area contributed by atoms with Crippen molar-refractivity contribution in [1.82, 2.24) is 14.9 Å². The van der Waals surface area contributed by atoms with Gasteiger partial charge in [0.1, 0.15) is 0 Å². The molecular weight excluding hydrogens is 302 g/mol. The molecule has 7 nitrogen and oxygen atoms in total. The van der Waals surface area contributed by atoms with Gasteiger partial charge in [-0.3, -0.25) is 9.59 Å². The molecule has 1 aromatic rings. The minimum atomic E-state index is -3.01. The first-order valence-electron chi connectivity index (χ1n) is 6.01. The average Bonchev–Trinajstić information content (AvgIpc) is 2.75. The molecule has 110 valence electrons. The Morgan fingerprint density at radius 2 is 2.35 bits per heavy atom. The Balaban J connectivity index is 1.90. The number of amides is 1. The van der Waals surface area contributed by atoms with Crippen LogP contribution in [0.5, 0.6) is 0 Å². The number of H-pyrrole nitrogens is 1. The summed E-state index contributed by atoms with van der Waals surface area (Å²) >= 11 is 1.12. The highest BCUT2D eigenvalue weighted by atomic mass is 32.2. The van der Waals surface area contributed by atoms with E-state index in [1.165, 1.54) is 17.2 Å². The molecule has 20 heavy (non-hydrogen) atoms. The van der Waals surface area contributed by atoms with E-state index < -0.39 is 9.84 Å². The van der Waals surface area contributed by atoms with Gasteiger partial charge in [-0.2, -0.15) is 0 Å². The first kappa shape index (κ1) is 15.0. The smallest absolute Gasteiger partial charge is 0.251 e. The molecule has 2 rings (SSSR count). The second-order valence-corrected chi connectivity index (χ2v) is 7.78. The number of nitrogens with one attached hydrogen (secondary N) is 1. The van der Waals surface area contributed by atoms with Crippen LogP contribution in [0.2, 0.25) is 0 Å². The molecule has 1 amide bonds. The van der Waals surface area contributed by atoms with Gasteiger partial charge < -0.3 is 9.88 Å². The highest BCUT2D eigenvalue weighted by Gasteiger charge is 2.32. The second-order valence-electron chi connectivity index (χ2n) is 4.59. The van der Waals surface area contributed by atoms with E-state index in [-0.39, 0.29) is 34.8 Å². The van der Waals surface area contributed by atoms with Gasteiger partial charge in [0.15, 0.2) is 15.0 Å². The number of rotatable bonds is 4. The average molecular weight is 317 g/mol. The van der Waals surface area contributed by atoms with Crippen molar-refractivity contribution in [3.63, 3.8) is 0 Å². The molecule has 0 bridgehead atoms. The predicted octanol–water partition coefficient (Wildman–Crippen LogP) is -0.492. The van der Waals surface area contributed by atoms with Crippen LogP contribution in [-0.4, -0.2) is 59.5 Å². The fourth-order valence-corrected chi connectivity index (χ4v) is 4.49. The Morgan fingerprint density at radius 1 is 1.60 bits per heavy atom. The summed E-state index contributed by atoms with van der Waals surface area (Å²) in [5.74, 6) is 0.0969. The minimum absolute atomic E-state index is 0.0281. The van der Waals surface area contributed by atoms with Crippen LogP contribution in [0.3, 0.4) is 0 Å². The lowest BCUT2D eigenvalue weighted by Crippen LogP contribution is -2.38. The van der Waals surface area contributed by atoms with Crippen molar-refractivity contribution in [3.8, 4) is 0 Å². The molecule has 1 aliphatic rings. The lowest BCUT2D eigenvalue weighted by molar-refractivity contribution is -0.128. The summed E-state index contributed by atoms with van der Waals surface area (Å²) in [7, 11) is -1.40. The number of nitrogens with zero attached hydrogens (tertiary/aromatic N) is 2. The van der Waals surface area contributed by atoms with Crippen molar-refractivity contribution < 1.29 is 13.2 Å². The molecule has 0 saturated carbocycles. The molecule has 1 atom stereocenters. The van der Waals surface area contributed by atoms with Crippen molar-refractivity contribution in [2.75, 3.05) is 24.3 Å². The Morgan fingerprint density at radius 3 is 2.95 bits per heavy atom. The van der Waals surface area contributed by atoms with Gasteiger partial charge in [0.05, 0.1) is 17.3 Å². The van der Waals surface area contributed by atoms with Crippen molar-refractivity contribution >= 4 is 27.5 Å². The van der Waals surface area contributed by atoms with E-state index >= 15 is 0 Å². The zero-order valence-corrected chi connectivity index (χ0v) is 12.5. The number of aromatic amines is 1. The van der Waals surface area contributed by atoms with Crippen molar-refractivity contribution in [1.29, 1.82) is 0 Å². The summed E-state index contributed by atoms with van der Waals surface area (Å²) in [6.07, 6.45) is 1.86. The standard InChI is InChI=1S/C11H15N3O4S2/c1-14(8-3-5-20(17,18)7-8)10(16)6-19-11-12-4-2-9(15)13-11/h2,4,8H,3,5-7H2,1H3,(H,12,13,15)/t8-/m1/s1. The lowest BCUT2D eigenvalue weighted by Gasteiger charge is -2.23. The largest absolute Gasteiger partial charge is 0.341 e. The van der Waals surface area contributed by atoms with Gasteiger partial charge in [-0.1, -0.05) is 11.8 Å². The quantitative estimate of drug-likeness (QED) is 0.594.